The van der Waals surface area contributed by atoms with Crippen molar-refractivity contribution in [3.05, 3.63) is 90.3 Å². The van der Waals surface area contributed by atoms with E-state index in [1.54, 1.807) is 17.1 Å². The van der Waals surface area contributed by atoms with Crippen LogP contribution in [-0.4, -0.2) is 25.4 Å². The fourth-order valence-electron chi connectivity index (χ4n) is 3.00. The monoisotopic (exact) mass is 384 g/mol. The minimum Gasteiger partial charge on any atom is -0.340 e. The van der Waals surface area contributed by atoms with Crippen LogP contribution < -0.4 is 10.6 Å². The number of aryl methyl sites for hydroxylation is 2. The molecule has 0 unspecified atom stereocenters. The maximum Gasteiger partial charge on any atom is 0.255 e. The highest BCUT2D eigenvalue weighted by atomic mass is 16.1. The summed E-state index contributed by atoms with van der Waals surface area (Å²) in [6, 6.07) is 15.1. The smallest absolute Gasteiger partial charge is 0.255 e. The fraction of sp³-hybridized carbons (Fsp3) is 0.0909. The predicted molar refractivity (Wildman–Crippen MR) is 113 cm³/mol. The zero-order chi connectivity index (χ0) is 20.2. The third kappa shape index (κ3) is 4.30. The molecule has 144 valence electrons. The zero-order valence-corrected chi connectivity index (χ0v) is 16.1. The summed E-state index contributed by atoms with van der Waals surface area (Å²) in [4.78, 5) is 25.0. The summed E-state index contributed by atoms with van der Waals surface area (Å²) in [6.45, 7) is 3.95. The Hall–Kier alpha value is -4.00. The van der Waals surface area contributed by atoms with Crippen molar-refractivity contribution in [2.24, 2.45) is 0 Å². The van der Waals surface area contributed by atoms with Crippen molar-refractivity contribution in [2.75, 3.05) is 10.6 Å². The van der Waals surface area contributed by atoms with E-state index in [-0.39, 0.29) is 5.91 Å². The molecule has 0 fully saturated rings. The highest BCUT2D eigenvalue weighted by Crippen LogP contribution is 2.20. The molecule has 0 bridgehead atoms. The number of amides is 1. The highest BCUT2D eigenvalue weighted by Gasteiger charge is 2.09. The van der Waals surface area contributed by atoms with Crippen molar-refractivity contribution in [1.82, 2.24) is 19.5 Å². The number of nitrogens with zero attached hydrogens (tertiary/aromatic N) is 4. The molecule has 2 aromatic carbocycles. The lowest BCUT2D eigenvalue weighted by atomic mass is 10.1. The average molecular weight is 384 g/mol. The molecule has 4 rings (SSSR count). The Balaban J connectivity index is 1.44. The summed E-state index contributed by atoms with van der Waals surface area (Å²) >= 11 is 0. The van der Waals surface area contributed by atoms with Crippen LogP contribution in [0.25, 0.3) is 5.82 Å². The molecule has 29 heavy (non-hydrogen) atoms. The van der Waals surface area contributed by atoms with Gasteiger partial charge in [0, 0.05) is 35.4 Å². The number of carbonyl (C=O) groups is 1. The molecule has 2 aromatic heterocycles. The van der Waals surface area contributed by atoms with Gasteiger partial charge in [-0.25, -0.2) is 15.0 Å². The molecule has 0 atom stereocenters. The van der Waals surface area contributed by atoms with Crippen LogP contribution in [0.1, 0.15) is 21.5 Å². The van der Waals surface area contributed by atoms with Gasteiger partial charge in [0.15, 0.2) is 0 Å². The number of benzene rings is 2. The molecule has 0 saturated carbocycles. The number of nitrogens with one attached hydrogen (secondary N) is 2. The number of hydrogen-bond acceptors (Lipinski definition) is 5. The molecule has 0 aliphatic carbocycles. The first kappa shape index (κ1) is 18.4. The van der Waals surface area contributed by atoms with Crippen LogP contribution in [0.5, 0.6) is 0 Å². The summed E-state index contributed by atoms with van der Waals surface area (Å²) in [6.07, 6.45) is 6.69. The lowest BCUT2D eigenvalue weighted by molar-refractivity contribution is 0.102. The van der Waals surface area contributed by atoms with Crippen molar-refractivity contribution in [3.63, 3.8) is 0 Å². The van der Waals surface area contributed by atoms with E-state index in [9.17, 15) is 4.79 Å². The normalized spacial score (nSPS) is 10.6. The topological polar surface area (TPSA) is 84.7 Å². The molecule has 0 saturated heterocycles. The molecule has 2 N–H and O–H groups in total. The van der Waals surface area contributed by atoms with Gasteiger partial charge in [-0.2, -0.15) is 0 Å². The Labute approximate surface area is 168 Å². The van der Waals surface area contributed by atoms with Gasteiger partial charge in [-0.15, -0.1) is 0 Å². The van der Waals surface area contributed by atoms with Crippen LogP contribution in [-0.2, 0) is 0 Å². The second-order valence-electron chi connectivity index (χ2n) is 6.71. The third-order valence-corrected chi connectivity index (χ3v) is 4.46. The van der Waals surface area contributed by atoms with E-state index in [1.165, 1.54) is 6.33 Å². The Morgan fingerprint density at radius 2 is 1.76 bits per heavy atom. The molecule has 1 amide bonds. The van der Waals surface area contributed by atoms with Gasteiger partial charge in [0.05, 0.1) is 0 Å². The van der Waals surface area contributed by atoms with Gasteiger partial charge < -0.3 is 10.6 Å². The van der Waals surface area contributed by atoms with Crippen LogP contribution in [0.2, 0.25) is 0 Å². The zero-order valence-electron chi connectivity index (χ0n) is 16.1. The first-order valence-electron chi connectivity index (χ1n) is 9.14. The SMILES string of the molecule is Cc1ccc(C(=O)Nc2ccc(Nc3cc(-n4ccnc4)ncn3)cc2)c(C)c1. The number of rotatable bonds is 5. The number of anilines is 3. The first-order valence-corrected chi connectivity index (χ1v) is 9.14. The summed E-state index contributed by atoms with van der Waals surface area (Å²) in [5, 5.41) is 6.17. The highest BCUT2D eigenvalue weighted by molar-refractivity contribution is 6.05. The lowest BCUT2D eigenvalue weighted by Gasteiger charge is -2.10. The number of aromatic nitrogens is 4. The first-order chi connectivity index (χ1) is 14.1. The molecular formula is C22H20N6O. The van der Waals surface area contributed by atoms with Crippen LogP contribution in [0, 0.1) is 13.8 Å². The van der Waals surface area contributed by atoms with Gasteiger partial charge in [0.2, 0.25) is 0 Å². The molecule has 7 nitrogen and oxygen atoms in total. The summed E-state index contributed by atoms with van der Waals surface area (Å²) < 4.78 is 1.80. The van der Waals surface area contributed by atoms with Gasteiger partial charge in [-0.3, -0.25) is 9.36 Å². The average Bonchev–Trinajstić information content (AvgIpc) is 3.24. The number of imidazole rings is 1. The molecule has 2 heterocycles. The molecular weight excluding hydrogens is 364 g/mol. The quantitative estimate of drug-likeness (QED) is 0.537. The molecule has 7 heteroatoms. The maximum atomic E-state index is 12.5. The fourth-order valence-corrected chi connectivity index (χ4v) is 3.00. The van der Waals surface area contributed by atoms with Crippen LogP contribution in [0.15, 0.2) is 73.6 Å². The van der Waals surface area contributed by atoms with E-state index in [2.05, 4.69) is 25.6 Å². The Morgan fingerprint density at radius 1 is 0.966 bits per heavy atom. The van der Waals surface area contributed by atoms with Crippen molar-refractivity contribution in [3.8, 4) is 5.82 Å². The van der Waals surface area contributed by atoms with Gasteiger partial charge in [0.1, 0.15) is 24.3 Å². The second kappa shape index (κ2) is 7.93. The summed E-state index contributed by atoms with van der Waals surface area (Å²) in [7, 11) is 0. The van der Waals surface area contributed by atoms with Crippen LogP contribution in [0.4, 0.5) is 17.2 Å². The third-order valence-electron chi connectivity index (χ3n) is 4.46. The van der Waals surface area contributed by atoms with E-state index in [1.807, 2.05) is 68.6 Å². The van der Waals surface area contributed by atoms with Gasteiger partial charge >= 0.3 is 0 Å². The second-order valence-corrected chi connectivity index (χ2v) is 6.71. The molecule has 0 radical (unpaired) electrons. The van der Waals surface area contributed by atoms with E-state index >= 15 is 0 Å². The van der Waals surface area contributed by atoms with Gasteiger partial charge in [-0.1, -0.05) is 17.7 Å². The predicted octanol–water partition coefficient (Wildman–Crippen LogP) is 4.28. The Bertz CT molecular complexity index is 1140. The standard InChI is InChI=1S/C22H20N6O/c1-15-3-8-19(16(2)11-15)22(29)27-18-6-4-17(5-7-18)26-20-12-21(25-13-24-20)28-10-9-23-14-28/h3-14H,1-2H3,(H,27,29)(H,24,25,26). The number of carbonyl (C=O) groups excluding carboxylic acids is 1. The van der Waals surface area contributed by atoms with Crippen LogP contribution in [0.3, 0.4) is 0 Å². The molecule has 0 aliphatic rings. The number of hydrogen-bond donors (Lipinski definition) is 2. The summed E-state index contributed by atoms with van der Waals surface area (Å²) in [5.41, 5.74) is 4.34. The van der Waals surface area contributed by atoms with E-state index < -0.39 is 0 Å². The maximum absolute atomic E-state index is 12.5. The molecule has 4 aromatic rings. The lowest BCUT2D eigenvalue weighted by Crippen LogP contribution is -2.13. The Kier molecular flexibility index (Phi) is 5.03. The van der Waals surface area contributed by atoms with E-state index in [0.29, 0.717) is 11.4 Å². The largest absolute Gasteiger partial charge is 0.340 e. The van der Waals surface area contributed by atoms with E-state index in [4.69, 9.17) is 0 Å². The van der Waals surface area contributed by atoms with Crippen LogP contribution >= 0.6 is 0 Å². The summed E-state index contributed by atoms with van der Waals surface area (Å²) in [5.74, 6) is 1.26. The van der Waals surface area contributed by atoms with Gasteiger partial charge in [-0.05, 0) is 49.7 Å². The minimum absolute atomic E-state index is 0.121. The van der Waals surface area contributed by atoms with E-state index in [0.717, 1.165) is 28.3 Å². The minimum atomic E-state index is -0.121. The Morgan fingerprint density at radius 3 is 2.48 bits per heavy atom. The van der Waals surface area contributed by atoms with Crippen molar-refractivity contribution in [2.45, 2.75) is 13.8 Å². The molecule has 0 spiro atoms. The van der Waals surface area contributed by atoms with Gasteiger partial charge in [0.25, 0.3) is 5.91 Å². The van der Waals surface area contributed by atoms with Crippen molar-refractivity contribution < 1.29 is 4.79 Å². The van der Waals surface area contributed by atoms with Crippen molar-refractivity contribution in [1.29, 1.82) is 0 Å². The molecule has 0 aliphatic heterocycles. The van der Waals surface area contributed by atoms with Crippen molar-refractivity contribution >= 4 is 23.1 Å².